The van der Waals surface area contributed by atoms with Gasteiger partial charge in [-0.2, -0.15) is 0 Å². The number of aromatic hydroxyl groups is 1. The highest BCUT2D eigenvalue weighted by molar-refractivity contribution is 6.03. The van der Waals surface area contributed by atoms with Crippen molar-refractivity contribution in [3.8, 4) is 5.75 Å². The standard InChI is InChI=1S/C23H25F2N3O3/c1-2-31-22(30)28-11-9-23(10-12-28)26-19(16-5-3-4-6-21(16)29)14-20(27-23)17-13-15(24)7-8-18(17)25/h3-8,13,20,27,29H,2,9-12,14H2,1H3/t20-/m0/s1. The summed E-state index contributed by atoms with van der Waals surface area (Å²) in [5.74, 6) is -0.937. The zero-order valence-corrected chi connectivity index (χ0v) is 17.3. The van der Waals surface area contributed by atoms with Crippen LogP contribution in [0.3, 0.4) is 0 Å². The number of carbonyl (C=O) groups excluding carboxylic acids is 1. The van der Waals surface area contributed by atoms with Crippen molar-refractivity contribution in [3.05, 3.63) is 65.2 Å². The molecule has 0 bridgehead atoms. The summed E-state index contributed by atoms with van der Waals surface area (Å²) in [6, 6.07) is 9.74. The third-order valence-corrected chi connectivity index (χ3v) is 5.85. The lowest BCUT2D eigenvalue weighted by Crippen LogP contribution is -2.57. The Balaban J connectivity index is 1.68. The van der Waals surface area contributed by atoms with Gasteiger partial charge in [0.25, 0.3) is 0 Å². The van der Waals surface area contributed by atoms with Gasteiger partial charge >= 0.3 is 6.09 Å². The van der Waals surface area contributed by atoms with E-state index >= 15 is 0 Å². The molecule has 1 spiro atoms. The van der Waals surface area contributed by atoms with Gasteiger partial charge in [-0.05, 0) is 37.3 Å². The topological polar surface area (TPSA) is 74.2 Å². The minimum Gasteiger partial charge on any atom is -0.507 e. The van der Waals surface area contributed by atoms with Gasteiger partial charge in [-0.1, -0.05) is 12.1 Å². The molecule has 6 nitrogen and oxygen atoms in total. The van der Waals surface area contributed by atoms with Crippen molar-refractivity contribution in [3.63, 3.8) is 0 Å². The molecule has 4 rings (SSSR count). The van der Waals surface area contributed by atoms with E-state index in [2.05, 4.69) is 5.32 Å². The number of nitrogens with one attached hydrogen (secondary N) is 1. The Kier molecular flexibility index (Phi) is 5.91. The maximum absolute atomic E-state index is 14.6. The van der Waals surface area contributed by atoms with E-state index in [4.69, 9.17) is 9.73 Å². The third kappa shape index (κ3) is 4.39. The number of rotatable bonds is 3. The average Bonchev–Trinajstić information content (AvgIpc) is 2.76. The summed E-state index contributed by atoms with van der Waals surface area (Å²) in [5, 5.41) is 13.8. The summed E-state index contributed by atoms with van der Waals surface area (Å²) < 4.78 is 33.6. The van der Waals surface area contributed by atoms with Gasteiger partial charge in [-0.25, -0.2) is 13.6 Å². The summed E-state index contributed by atoms with van der Waals surface area (Å²) in [6.07, 6.45) is 0.888. The number of para-hydroxylation sites is 1. The number of aliphatic imine (C=N–C) groups is 1. The number of halogens is 2. The predicted molar refractivity (Wildman–Crippen MR) is 112 cm³/mol. The van der Waals surface area contributed by atoms with Crippen LogP contribution in [-0.4, -0.2) is 47.2 Å². The van der Waals surface area contributed by atoms with Crippen molar-refractivity contribution >= 4 is 11.8 Å². The monoisotopic (exact) mass is 429 g/mol. The highest BCUT2D eigenvalue weighted by Crippen LogP contribution is 2.37. The Bertz CT molecular complexity index is 1000. The lowest BCUT2D eigenvalue weighted by Gasteiger charge is -2.45. The van der Waals surface area contributed by atoms with Crippen LogP contribution in [0.2, 0.25) is 0 Å². The Hall–Kier alpha value is -3.00. The van der Waals surface area contributed by atoms with E-state index in [9.17, 15) is 18.7 Å². The summed E-state index contributed by atoms with van der Waals surface area (Å²) in [5.41, 5.74) is 0.644. The molecule has 2 aliphatic rings. The maximum Gasteiger partial charge on any atom is 0.409 e. The summed E-state index contributed by atoms with van der Waals surface area (Å²) >= 11 is 0. The van der Waals surface area contributed by atoms with Crippen LogP contribution in [0.1, 0.15) is 43.4 Å². The molecule has 0 saturated carbocycles. The van der Waals surface area contributed by atoms with E-state index in [0.29, 0.717) is 50.2 Å². The molecule has 0 aliphatic carbocycles. The number of likely N-dealkylation sites (tertiary alicyclic amines) is 1. The van der Waals surface area contributed by atoms with Crippen LogP contribution in [0.15, 0.2) is 47.5 Å². The molecule has 2 heterocycles. The van der Waals surface area contributed by atoms with E-state index in [-0.39, 0.29) is 17.4 Å². The summed E-state index contributed by atoms with van der Waals surface area (Å²) in [7, 11) is 0. The zero-order chi connectivity index (χ0) is 22.0. The fourth-order valence-electron chi connectivity index (χ4n) is 4.29. The molecule has 2 aromatic carbocycles. The van der Waals surface area contributed by atoms with E-state index in [1.54, 1.807) is 36.1 Å². The zero-order valence-electron chi connectivity index (χ0n) is 17.3. The van der Waals surface area contributed by atoms with E-state index in [1.165, 1.54) is 6.07 Å². The van der Waals surface area contributed by atoms with Gasteiger partial charge in [0.2, 0.25) is 0 Å². The largest absolute Gasteiger partial charge is 0.507 e. The number of nitrogens with zero attached hydrogens (tertiary/aromatic N) is 2. The van der Waals surface area contributed by atoms with Gasteiger partial charge in [0, 0.05) is 55.2 Å². The van der Waals surface area contributed by atoms with Gasteiger partial charge in [0.1, 0.15) is 23.0 Å². The Labute approximate surface area is 179 Å². The second kappa shape index (κ2) is 8.63. The number of piperidine rings is 1. The van der Waals surface area contributed by atoms with E-state index in [1.807, 2.05) is 0 Å². The maximum atomic E-state index is 14.6. The number of benzene rings is 2. The molecule has 1 atom stereocenters. The quantitative estimate of drug-likeness (QED) is 0.769. The number of ether oxygens (including phenoxy) is 1. The summed E-state index contributed by atoms with van der Waals surface area (Å²) in [6.45, 7) is 2.89. The number of phenols is 1. The van der Waals surface area contributed by atoms with Gasteiger partial charge in [-0.15, -0.1) is 0 Å². The molecule has 0 radical (unpaired) electrons. The van der Waals surface area contributed by atoms with Gasteiger partial charge < -0.3 is 14.7 Å². The molecule has 1 amide bonds. The molecular formula is C23H25F2N3O3. The lowest BCUT2D eigenvalue weighted by atomic mass is 9.87. The fourth-order valence-corrected chi connectivity index (χ4v) is 4.29. The van der Waals surface area contributed by atoms with Crippen LogP contribution >= 0.6 is 0 Å². The summed E-state index contributed by atoms with van der Waals surface area (Å²) in [4.78, 5) is 18.6. The smallest absolute Gasteiger partial charge is 0.409 e. The molecule has 31 heavy (non-hydrogen) atoms. The highest BCUT2D eigenvalue weighted by atomic mass is 19.1. The average molecular weight is 429 g/mol. The number of amides is 1. The van der Waals surface area contributed by atoms with Crippen molar-refractivity contribution < 1.29 is 23.4 Å². The third-order valence-electron chi connectivity index (χ3n) is 5.85. The fraction of sp³-hybridized carbons (Fsp3) is 0.391. The van der Waals surface area contributed by atoms with Crippen LogP contribution in [0.25, 0.3) is 0 Å². The second-order valence-corrected chi connectivity index (χ2v) is 7.86. The number of hydrogen-bond acceptors (Lipinski definition) is 5. The molecule has 0 unspecified atom stereocenters. The van der Waals surface area contributed by atoms with Crippen LogP contribution in [-0.2, 0) is 4.74 Å². The van der Waals surface area contributed by atoms with E-state index in [0.717, 1.165) is 12.1 Å². The highest BCUT2D eigenvalue weighted by Gasteiger charge is 2.42. The molecule has 2 aromatic rings. The second-order valence-electron chi connectivity index (χ2n) is 7.86. The first-order valence-corrected chi connectivity index (χ1v) is 10.4. The minimum atomic E-state index is -0.762. The van der Waals surface area contributed by atoms with Crippen molar-refractivity contribution in [2.24, 2.45) is 4.99 Å². The first-order chi connectivity index (χ1) is 14.9. The predicted octanol–water partition coefficient (Wildman–Crippen LogP) is 4.14. The normalized spacial score (nSPS) is 20.4. The minimum absolute atomic E-state index is 0.0840. The molecule has 164 valence electrons. The Morgan fingerprint density at radius 3 is 2.71 bits per heavy atom. The molecular weight excluding hydrogens is 404 g/mol. The van der Waals surface area contributed by atoms with Gasteiger partial charge in [-0.3, -0.25) is 10.3 Å². The lowest BCUT2D eigenvalue weighted by molar-refractivity contribution is 0.0777. The van der Waals surface area contributed by atoms with E-state index < -0.39 is 23.3 Å². The number of hydrogen-bond donors (Lipinski definition) is 2. The molecule has 2 aliphatic heterocycles. The molecule has 1 saturated heterocycles. The number of phenolic OH excluding ortho intramolecular Hbond substituents is 1. The van der Waals surface area contributed by atoms with Crippen molar-refractivity contribution in [2.45, 2.75) is 37.9 Å². The van der Waals surface area contributed by atoms with Crippen LogP contribution < -0.4 is 5.32 Å². The van der Waals surface area contributed by atoms with Crippen molar-refractivity contribution in [1.82, 2.24) is 10.2 Å². The number of carbonyl (C=O) groups is 1. The Morgan fingerprint density at radius 2 is 2.00 bits per heavy atom. The molecule has 8 heteroatoms. The first kappa shape index (κ1) is 21.2. The van der Waals surface area contributed by atoms with Gasteiger partial charge in [0.15, 0.2) is 0 Å². The van der Waals surface area contributed by atoms with Crippen LogP contribution in [0.4, 0.5) is 13.6 Å². The Morgan fingerprint density at radius 1 is 1.26 bits per heavy atom. The first-order valence-electron chi connectivity index (χ1n) is 10.4. The van der Waals surface area contributed by atoms with Crippen LogP contribution in [0.5, 0.6) is 5.75 Å². The van der Waals surface area contributed by atoms with Gasteiger partial charge in [0.05, 0.1) is 6.61 Å². The molecule has 1 fully saturated rings. The SMILES string of the molecule is CCOC(=O)N1CCC2(CC1)N=C(c1ccccc1O)C[C@@H](c1cc(F)ccc1F)N2. The molecule has 0 aromatic heterocycles. The van der Waals surface area contributed by atoms with Crippen molar-refractivity contribution in [1.29, 1.82) is 0 Å². The van der Waals surface area contributed by atoms with Crippen LogP contribution in [0, 0.1) is 11.6 Å². The van der Waals surface area contributed by atoms with Crippen molar-refractivity contribution in [2.75, 3.05) is 19.7 Å². The molecule has 2 N–H and O–H groups in total.